The fourth-order valence-corrected chi connectivity index (χ4v) is 3.30. The quantitative estimate of drug-likeness (QED) is 0.777. The first-order valence-electron chi connectivity index (χ1n) is 5.79. The molecule has 1 aliphatic rings. The van der Waals surface area contributed by atoms with Gasteiger partial charge in [0.2, 0.25) is 0 Å². The van der Waals surface area contributed by atoms with Crippen LogP contribution < -0.4 is 5.32 Å². The Kier molecular flexibility index (Phi) is 4.73. The molecule has 1 atom stereocenters. The molecule has 0 aromatic heterocycles. The predicted molar refractivity (Wildman–Crippen MR) is 65.5 cm³/mol. The van der Waals surface area contributed by atoms with E-state index < -0.39 is 10.2 Å². The van der Waals surface area contributed by atoms with Crippen LogP contribution in [0.4, 0.5) is 0 Å². The minimum atomic E-state index is -3.31. The number of rotatable bonds is 4. The van der Waals surface area contributed by atoms with E-state index in [1.54, 1.807) is 14.1 Å². The zero-order chi connectivity index (χ0) is 12.3. The molecule has 96 valence electrons. The van der Waals surface area contributed by atoms with Crippen molar-refractivity contribution in [1.29, 1.82) is 0 Å². The Morgan fingerprint density at radius 3 is 2.38 bits per heavy atom. The van der Waals surface area contributed by atoms with E-state index in [0.29, 0.717) is 0 Å². The van der Waals surface area contributed by atoms with Gasteiger partial charge in [0.05, 0.1) is 0 Å². The Hall–Kier alpha value is -0.170. The number of hydrogen-bond acceptors (Lipinski definition) is 3. The summed E-state index contributed by atoms with van der Waals surface area (Å²) in [4.78, 5) is 0. The zero-order valence-electron chi connectivity index (χ0n) is 10.6. The molecule has 0 radical (unpaired) electrons. The molecule has 1 aliphatic heterocycles. The van der Waals surface area contributed by atoms with Crippen LogP contribution in [0.3, 0.4) is 0 Å². The highest BCUT2D eigenvalue weighted by atomic mass is 32.2. The molecule has 1 unspecified atom stereocenters. The van der Waals surface area contributed by atoms with Crippen molar-refractivity contribution >= 4 is 10.2 Å². The maximum Gasteiger partial charge on any atom is 0.282 e. The summed E-state index contributed by atoms with van der Waals surface area (Å²) in [6.45, 7) is 5.50. The van der Waals surface area contributed by atoms with Gasteiger partial charge in [-0.05, 0) is 33.2 Å². The molecule has 1 saturated heterocycles. The Balaban J connectivity index is 2.74. The van der Waals surface area contributed by atoms with E-state index in [2.05, 4.69) is 5.32 Å². The van der Waals surface area contributed by atoms with Crippen molar-refractivity contribution in [3.05, 3.63) is 0 Å². The summed E-state index contributed by atoms with van der Waals surface area (Å²) in [5, 5.41) is 3.23. The lowest BCUT2D eigenvalue weighted by molar-refractivity contribution is 0.273. The third-order valence-electron chi connectivity index (χ3n) is 3.24. The summed E-state index contributed by atoms with van der Waals surface area (Å²) in [5.41, 5.74) is 0. The Bertz CT molecular complexity index is 310. The second-order valence-electron chi connectivity index (χ2n) is 4.63. The summed E-state index contributed by atoms with van der Waals surface area (Å²) in [7, 11) is -0.00700. The average Bonchev–Trinajstić information content (AvgIpc) is 2.28. The highest BCUT2D eigenvalue weighted by molar-refractivity contribution is 7.86. The molecule has 5 nitrogen and oxygen atoms in total. The molecular formula is C10H23N3O2S. The van der Waals surface area contributed by atoms with E-state index in [1.165, 1.54) is 8.61 Å². The number of piperidine rings is 1. The molecule has 16 heavy (non-hydrogen) atoms. The first kappa shape index (κ1) is 13.9. The number of nitrogens with one attached hydrogen (secondary N) is 1. The van der Waals surface area contributed by atoms with Gasteiger partial charge in [-0.25, -0.2) is 0 Å². The first-order chi connectivity index (χ1) is 7.37. The van der Waals surface area contributed by atoms with Crippen LogP contribution in [0.15, 0.2) is 0 Å². The molecule has 1 N–H and O–H groups in total. The molecule has 0 aromatic carbocycles. The van der Waals surface area contributed by atoms with Gasteiger partial charge < -0.3 is 5.32 Å². The van der Waals surface area contributed by atoms with E-state index in [4.69, 9.17) is 0 Å². The van der Waals surface area contributed by atoms with E-state index in [-0.39, 0.29) is 12.1 Å². The number of hydrogen-bond donors (Lipinski definition) is 1. The second-order valence-corrected chi connectivity index (χ2v) is 6.68. The van der Waals surface area contributed by atoms with Crippen molar-refractivity contribution in [3.63, 3.8) is 0 Å². The Morgan fingerprint density at radius 2 is 1.94 bits per heavy atom. The normalized spacial score (nSPS) is 23.3. The van der Waals surface area contributed by atoms with Gasteiger partial charge in [0.15, 0.2) is 0 Å². The van der Waals surface area contributed by atoms with Crippen molar-refractivity contribution in [2.24, 2.45) is 0 Å². The number of likely N-dealkylation sites (N-methyl/N-ethyl adjacent to an activating group) is 1. The van der Waals surface area contributed by atoms with Crippen LogP contribution in [0.5, 0.6) is 0 Å². The van der Waals surface area contributed by atoms with Gasteiger partial charge in [-0.1, -0.05) is 0 Å². The zero-order valence-corrected chi connectivity index (χ0v) is 11.4. The van der Waals surface area contributed by atoms with Crippen molar-refractivity contribution in [3.8, 4) is 0 Å². The van der Waals surface area contributed by atoms with Gasteiger partial charge >= 0.3 is 0 Å². The topological polar surface area (TPSA) is 52.7 Å². The molecule has 0 saturated carbocycles. The summed E-state index contributed by atoms with van der Waals surface area (Å²) < 4.78 is 27.3. The third kappa shape index (κ3) is 2.94. The van der Waals surface area contributed by atoms with E-state index in [9.17, 15) is 8.42 Å². The van der Waals surface area contributed by atoms with Crippen LogP contribution in [-0.4, -0.2) is 56.3 Å². The van der Waals surface area contributed by atoms with Gasteiger partial charge in [-0.2, -0.15) is 17.0 Å². The van der Waals surface area contributed by atoms with Gasteiger partial charge in [-0.3, -0.25) is 0 Å². The summed E-state index contributed by atoms with van der Waals surface area (Å²) >= 11 is 0. The fraction of sp³-hybridized carbons (Fsp3) is 1.00. The summed E-state index contributed by atoms with van der Waals surface area (Å²) in [6.07, 6.45) is 1.98. The Morgan fingerprint density at radius 1 is 1.31 bits per heavy atom. The van der Waals surface area contributed by atoms with Crippen molar-refractivity contribution in [2.45, 2.75) is 38.8 Å². The minimum absolute atomic E-state index is 0.0102. The van der Waals surface area contributed by atoms with Gasteiger partial charge in [-0.15, -0.1) is 0 Å². The second kappa shape index (κ2) is 5.44. The van der Waals surface area contributed by atoms with Crippen LogP contribution in [-0.2, 0) is 10.2 Å². The lowest BCUT2D eigenvalue weighted by Gasteiger charge is -2.34. The van der Waals surface area contributed by atoms with Crippen molar-refractivity contribution < 1.29 is 8.42 Å². The lowest BCUT2D eigenvalue weighted by atomic mass is 10.1. The smallest absolute Gasteiger partial charge is 0.282 e. The maximum absolute atomic E-state index is 12.2. The molecule has 1 heterocycles. The fourth-order valence-electron chi connectivity index (χ4n) is 1.80. The van der Waals surface area contributed by atoms with Gasteiger partial charge in [0.1, 0.15) is 0 Å². The third-order valence-corrected chi connectivity index (χ3v) is 5.42. The van der Waals surface area contributed by atoms with Gasteiger partial charge in [0, 0.05) is 32.7 Å². The molecule has 0 amide bonds. The largest absolute Gasteiger partial charge is 0.315 e. The first-order valence-corrected chi connectivity index (χ1v) is 7.18. The molecule has 0 bridgehead atoms. The molecule has 6 heteroatoms. The molecule has 1 fully saturated rings. The predicted octanol–water partition coefficient (Wildman–Crippen LogP) is 0.255. The average molecular weight is 249 g/mol. The standard InChI is InChI=1S/C10H23N3O2S/c1-9(2)12(3)16(14,15)13(4)10-6-5-7-11-8-10/h9-11H,5-8H2,1-4H3. The van der Waals surface area contributed by atoms with Crippen LogP contribution in [0.1, 0.15) is 26.7 Å². The SMILES string of the molecule is CC(C)N(C)S(=O)(=O)N(C)C1CCCNC1. The van der Waals surface area contributed by atoms with Crippen molar-refractivity contribution in [2.75, 3.05) is 27.2 Å². The van der Waals surface area contributed by atoms with Gasteiger partial charge in [0.25, 0.3) is 10.2 Å². The van der Waals surface area contributed by atoms with Crippen molar-refractivity contribution in [1.82, 2.24) is 13.9 Å². The minimum Gasteiger partial charge on any atom is -0.315 e. The van der Waals surface area contributed by atoms with E-state index >= 15 is 0 Å². The highest BCUT2D eigenvalue weighted by Crippen LogP contribution is 2.16. The maximum atomic E-state index is 12.2. The van der Waals surface area contributed by atoms with Crippen LogP contribution in [0.2, 0.25) is 0 Å². The molecule has 0 spiro atoms. The molecule has 1 rings (SSSR count). The highest BCUT2D eigenvalue weighted by Gasteiger charge is 2.31. The molecule has 0 aromatic rings. The van der Waals surface area contributed by atoms with Crippen LogP contribution >= 0.6 is 0 Å². The van der Waals surface area contributed by atoms with E-state index in [0.717, 1.165) is 25.9 Å². The summed E-state index contributed by atoms with van der Waals surface area (Å²) in [5.74, 6) is 0. The molecular weight excluding hydrogens is 226 g/mol. The monoisotopic (exact) mass is 249 g/mol. The molecule has 0 aliphatic carbocycles. The van der Waals surface area contributed by atoms with Crippen LogP contribution in [0, 0.1) is 0 Å². The van der Waals surface area contributed by atoms with Crippen LogP contribution in [0.25, 0.3) is 0 Å². The number of nitrogens with zero attached hydrogens (tertiary/aromatic N) is 2. The van der Waals surface area contributed by atoms with E-state index in [1.807, 2.05) is 13.8 Å². The Labute approximate surface area is 99.0 Å². The summed E-state index contributed by atoms with van der Waals surface area (Å²) in [6, 6.07) is 0.0731. The lowest BCUT2D eigenvalue weighted by Crippen LogP contribution is -2.51.